The molecule has 1 unspecified atom stereocenters. The lowest BCUT2D eigenvalue weighted by Crippen LogP contribution is -2.40. The molecule has 1 aromatic rings. The average molecular weight is 253 g/mol. The van der Waals surface area contributed by atoms with Gasteiger partial charge >= 0.3 is 0 Å². The summed E-state index contributed by atoms with van der Waals surface area (Å²) >= 11 is 0. The zero-order chi connectivity index (χ0) is 13.5. The van der Waals surface area contributed by atoms with Gasteiger partial charge < -0.3 is 25.8 Å². The van der Waals surface area contributed by atoms with Crippen molar-refractivity contribution in [1.82, 2.24) is 4.90 Å². The highest BCUT2D eigenvalue weighted by molar-refractivity contribution is 5.40. The number of ether oxygens (including phenoxy) is 2. The number of hydrogen-bond acceptors (Lipinski definition) is 5. The van der Waals surface area contributed by atoms with E-state index in [4.69, 9.17) is 20.9 Å². The van der Waals surface area contributed by atoms with Crippen molar-refractivity contribution in [2.24, 2.45) is 11.5 Å². The third-order valence-electron chi connectivity index (χ3n) is 2.78. The Morgan fingerprint density at radius 2 is 2.00 bits per heavy atom. The van der Waals surface area contributed by atoms with E-state index in [0.717, 1.165) is 30.2 Å². The first-order chi connectivity index (χ1) is 8.60. The van der Waals surface area contributed by atoms with Crippen LogP contribution in [0.1, 0.15) is 5.56 Å². The van der Waals surface area contributed by atoms with Crippen LogP contribution in [0.5, 0.6) is 11.5 Å². The summed E-state index contributed by atoms with van der Waals surface area (Å²) < 4.78 is 10.6. The quantitative estimate of drug-likeness (QED) is 0.737. The van der Waals surface area contributed by atoms with Gasteiger partial charge in [-0.25, -0.2) is 0 Å². The Morgan fingerprint density at radius 1 is 1.28 bits per heavy atom. The van der Waals surface area contributed by atoms with E-state index in [9.17, 15) is 0 Å². The van der Waals surface area contributed by atoms with Gasteiger partial charge in [-0.1, -0.05) is 0 Å². The van der Waals surface area contributed by atoms with Crippen LogP contribution >= 0.6 is 0 Å². The molecule has 4 N–H and O–H groups in total. The van der Waals surface area contributed by atoms with Gasteiger partial charge in [-0.15, -0.1) is 0 Å². The third-order valence-corrected chi connectivity index (χ3v) is 2.78. The molecule has 1 atom stereocenters. The lowest BCUT2D eigenvalue weighted by molar-refractivity contribution is 0.297. The maximum absolute atomic E-state index is 5.83. The fourth-order valence-corrected chi connectivity index (χ4v) is 1.84. The van der Waals surface area contributed by atoms with Crippen LogP contribution in [0.3, 0.4) is 0 Å². The molecule has 0 saturated carbocycles. The molecule has 0 radical (unpaired) electrons. The Morgan fingerprint density at radius 3 is 2.56 bits per heavy atom. The van der Waals surface area contributed by atoms with Crippen LogP contribution in [-0.2, 0) is 6.54 Å². The molecule has 0 fully saturated rings. The average Bonchev–Trinajstić information content (AvgIpc) is 2.38. The standard InChI is InChI=1S/C13H23N3O2/c1-16(9-11(15)7-14)8-10-6-12(17-2)4-5-13(10)18-3/h4-6,11H,7-9,14-15H2,1-3H3. The third kappa shape index (κ3) is 4.18. The summed E-state index contributed by atoms with van der Waals surface area (Å²) in [6.45, 7) is 1.98. The number of benzene rings is 1. The largest absolute Gasteiger partial charge is 0.497 e. The van der Waals surface area contributed by atoms with Crippen molar-refractivity contribution in [2.45, 2.75) is 12.6 Å². The summed E-state index contributed by atoms with van der Waals surface area (Å²) in [6.07, 6.45) is 0. The summed E-state index contributed by atoms with van der Waals surface area (Å²) in [5, 5.41) is 0. The van der Waals surface area contributed by atoms with Gasteiger partial charge in [-0.3, -0.25) is 0 Å². The molecule has 1 rings (SSSR count). The van der Waals surface area contributed by atoms with Gasteiger partial charge in [0.15, 0.2) is 0 Å². The molecule has 0 heterocycles. The van der Waals surface area contributed by atoms with Gasteiger partial charge in [0.2, 0.25) is 0 Å². The van der Waals surface area contributed by atoms with Crippen molar-refractivity contribution in [1.29, 1.82) is 0 Å². The van der Waals surface area contributed by atoms with E-state index in [1.807, 2.05) is 25.2 Å². The SMILES string of the molecule is COc1ccc(OC)c(CN(C)CC(N)CN)c1. The van der Waals surface area contributed by atoms with E-state index >= 15 is 0 Å². The maximum Gasteiger partial charge on any atom is 0.123 e. The molecule has 0 aromatic heterocycles. The number of rotatable bonds is 7. The van der Waals surface area contributed by atoms with E-state index in [2.05, 4.69) is 4.90 Å². The second-order valence-corrected chi connectivity index (χ2v) is 4.37. The highest BCUT2D eigenvalue weighted by Gasteiger charge is 2.10. The van der Waals surface area contributed by atoms with Crippen molar-refractivity contribution in [3.05, 3.63) is 23.8 Å². The highest BCUT2D eigenvalue weighted by atomic mass is 16.5. The number of nitrogens with two attached hydrogens (primary N) is 2. The summed E-state index contributed by atoms with van der Waals surface area (Å²) in [7, 11) is 5.32. The van der Waals surface area contributed by atoms with Crippen molar-refractivity contribution in [3.63, 3.8) is 0 Å². The maximum atomic E-state index is 5.83. The van der Waals surface area contributed by atoms with Crippen molar-refractivity contribution >= 4 is 0 Å². The zero-order valence-electron chi connectivity index (χ0n) is 11.3. The second-order valence-electron chi connectivity index (χ2n) is 4.37. The summed E-state index contributed by atoms with van der Waals surface area (Å²) in [6, 6.07) is 5.76. The summed E-state index contributed by atoms with van der Waals surface area (Å²) in [5.74, 6) is 1.67. The number of nitrogens with zero attached hydrogens (tertiary/aromatic N) is 1. The molecule has 0 aliphatic carbocycles. The first-order valence-corrected chi connectivity index (χ1v) is 5.95. The van der Waals surface area contributed by atoms with Gasteiger partial charge in [-0.2, -0.15) is 0 Å². The van der Waals surface area contributed by atoms with E-state index in [-0.39, 0.29) is 6.04 Å². The van der Waals surface area contributed by atoms with E-state index in [1.165, 1.54) is 0 Å². The van der Waals surface area contributed by atoms with Crippen LogP contribution in [0.2, 0.25) is 0 Å². The number of likely N-dealkylation sites (N-methyl/N-ethyl adjacent to an activating group) is 1. The Hall–Kier alpha value is -1.30. The molecule has 5 heteroatoms. The minimum Gasteiger partial charge on any atom is -0.497 e. The number of hydrogen-bond donors (Lipinski definition) is 2. The van der Waals surface area contributed by atoms with Gasteiger partial charge in [0.05, 0.1) is 14.2 Å². The molecule has 102 valence electrons. The van der Waals surface area contributed by atoms with Gasteiger partial charge in [0, 0.05) is 31.2 Å². The first-order valence-electron chi connectivity index (χ1n) is 5.95. The lowest BCUT2D eigenvalue weighted by atomic mass is 10.1. The van der Waals surface area contributed by atoms with Gasteiger partial charge in [0.25, 0.3) is 0 Å². The molecular weight excluding hydrogens is 230 g/mol. The first kappa shape index (κ1) is 14.8. The molecule has 0 bridgehead atoms. The van der Waals surface area contributed by atoms with Crippen LogP contribution < -0.4 is 20.9 Å². The van der Waals surface area contributed by atoms with Crippen LogP contribution in [0.15, 0.2) is 18.2 Å². The summed E-state index contributed by atoms with van der Waals surface area (Å²) in [4.78, 5) is 2.12. The molecule has 0 spiro atoms. The monoisotopic (exact) mass is 253 g/mol. The zero-order valence-corrected chi connectivity index (χ0v) is 11.3. The normalized spacial score (nSPS) is 12.6. The van der Waals surface area contributed by atoms with Crippen molar-refractivity contribution < 1.29 is 9.47 Å². The molecule has 1 aromatic carbocycles. The molecule has 0 amide bonds. The van der Waals surface area contributed by atoms with Crippen LogP contribution in [0.4, 0.5) is 0 Å². The van der Waals surface area contributed by atoms with Crippen molar-refractivity contribution in [3.8, 4) is 11.5 Å². The Bertz CT molecular complexity index is 371. The highest BCUT2D eigenvalue weighted by Crippen LogP contribution is 2.24. The Labute approximate surface area is 109 Å². The van der Waals surface area contributed by atoms with E-state index in [1.54, 1.807) is 14.2 Å². The van der Waals surface area contributed by atoms with E-state index < -0.39 is 0 Å². The van der Waals surface area contributed by atoms with E-state index in [0.29, 0.717) is 6.54 Å². The molecular formula is C13H23N3O2. The minimum absolute atomic E-state index is 0.00778. The van der Waals surface area contributed by atoms with Gasteiger partial charge in [0.1, 0.15) is 11.5 Å². The van der Waals surface area contributed by atoms with Crippen LogP contribution in [0.25, 0.3) is 0 Å². The van der Waals surface area contributed by atoms with Crippen LogP contribution in [-0.4, -0.2) is 45.3 Å². The fourth-order valence-electron chi connectivity index (χ4n) is 1.84. The minimum atomic E-state index is -0.00778. The Kier molecular flexibility index (Phi) is 5.91. The molecule has 0 aliphatic rings. The lowest BCUT2D eigenvalue weighted by Gasteiger charge is -2.21. The Balaban J connectivity index is 2.75. The molecule has 0 saturated heterocycles. The fraction of sp³-hybridized carbons (Fsp3) is 0.538. The summed E-state index contributed by atoms with van der Waals surface area (Å²) in [5.41, 5.74) is 12.4. The topological polar surface area (TPSA) is 73.7 Å². The second kappa shape index (κ2) is 7.20. The predicted octanol–water partition coefficient (Wildman–Crippen LogP) is 0.422. The molecule has 18 heavy (non-hydrogen) atoms. The smallest absolute Gasteiger partial charge is 0.123 e. The molecule has 5 nitrogen and oxygen atoms in total. The number of methoxy groups -OCH3 is 2. The predicted molar refractivity (Wildman–Crippen MR) is 72.9 cm³/mol. The van der Waals surface area contributed by atoms with Crippen LogP contribution in [0, 0.1) is 0 Å². The van der Waals surface area contributed by atoms with Crippen molar-refractivity contribution in [2.75, 3.05) is 34.4 Å². The molecule has 0 aliphatic heterocycles. The van der Waals surface area contributed by atoms with Gasteiger partial charge in [-0.05, 0) is 25.2 Å².